The zero-order valence-corrected chi connectivity index (χ0v) is 17.8. The van der Waals surface area contributed by atoms with E-state index in [2.05, 4.69) is 9.97 Å². The normalized spacial score (nSPS) is 15.7. The number of carbonyl (C=O) groups excluding carboxylic acids is 1. The number of pyridine rings is 2. The van der Waals surface area contributed by atoms with E-state index in [0.717, 1.165) is 21.9 Å². The lowest BCUT2D eigenvalue weighted by Gasteiger charge is -2.37. The lowest BCUT2D eigenvalue weighted by Crippen LogP contribution is -2.45. The third kappa shape index (κ3) is 4.71. The molecule has 1 amide bonds. The van der Waals surface area contributed by atoms with Gasteiger partial charge in [0.05, 0.1) is 10.7 Å². The average molecular weight is 420 g/mol. The van der Waals surface area contributed by atoms with Crippen molar-refractivity contribution in [3.8, 4) is 0 Å². The molecule has 2 aromatic heterocycles. The third-order valence-corrected chi connectivity index (χ3v) is 6.51. The number of thioether (sulfide) groups is 1. The maximum Gasteiger partial charge on any atom is 0.253 e. The fourth-order valence-electron chi connectivity index (χ4n) is 3.59. The minimum absolute atomic E-state index is 0.0119. The number of hydrogen-bond donors (Lipinski definition) is 1. The van der Waals surface area contributed by atoms with E-state index in [0.29, 0.717) is 37.2 Å². The van der Waals surface area contributed by atoms with Crippen LogP contribution in [0.15, 0.2) is 72.0 Å². The van der Waals surface area contributed by atoms with Gasteiger partial charge in [0.15, 0.2) is 0 Å². The van der Waals surface area contributed by atoms with Crippen molar-refractivity contribution >= 4 is 17.7 Å². The fraction of sp³-hybridized carbons (Fsp3) is 0.292. The van der Waals surface area contributed by atoms with Crippen molar-refractivity contribution in [1.82, 2.24) is 14.9 Å². The summed E-state index contributed by atoms with van der Waals surface area (Å²) in [5.41, 5.74) is 2.63. The van der Waals surface area contributed by atoms with E-state index in [4.69, 9.17) is 0 Å². The lowest BCUT2D eigenvalue weighted by molar-refractivity contribution is -0.0244. The second kappa shape index (κ2) is 8.98. The fourth-order valence-corrected chi connectivity index (χ4v) is 4.41. The SMILES string of the molecule is Cc1ccc(C2(O)CCN(C(=O)c3ccc(CSc4ccccn4)cc3)CC2)nc1. The molecule has 0 unspecified atom stereocenters. The number of rotatable bonds is 5. The van der Waals surface area contributed by atoms with Crippen LogP contribution in [0.5, 0.6) is 0 Å². The number of hydrogen-bond acceptors (Lipinski definition) is 5. The monoisotopic (exact) mass is 419 g/mol. The first-order valence-corrected chi connectivity index (χ1v) is 11.1. The number of benzene rings is 1. The molecule has 3 aromatic rings. The zero-order chi connectivity index (χ0) is 21.0. The topological polar surface area (TPSA) is 66.3 Å². The van der Waals surface area contributed by atoms with Crippen LogP contribution in [0.1, 0.15) is 40.0 Å². The Balaban J connectivity index is 1.34. The Morgan fingerprint density at radius 1 is 1.07 bits per heavy atom. The molecule has 154 valence electrons. The minimum Gasteiger partial charge on any atom is -0.383 e. The van der Waals surface area contributed by atoms with Gasteiger partial charge in [0, 0.05) is 36.8 Å². The van der Waals surface area contributed by atoms with Crippen molar-refractivity contribution in [3.63, 3.8) is 0 Å². The summed E-state index contributed by atoms with van der Waals surface area (Å²) in [5.74, 6) is 0.823. The number of likely N-dealkylation sites (tertiary alicyclic amines) is 1. The molecule has 1 aliphatic heterocycles. The predicted octanol–water partition coefficient (Wildman–Crippen LogP) is 4.20. The quantitative estimate of drug-likeness (QED) is 0.628. The molecule has 1 aliphatic rings. The molecule has 6 heteroatoms. The van der Waals surface area contributed by atoms with Gasteiger partial charge in [-0.25, -0.2) is 4.98 Å². The first kappa shape index (κ1) is 20.6. The molecular formula is C24H25N3O2S. The smallest absolute Gasteiger partial charge is 0.253 e. The molecule has 1 aromatic carbocycles. The maximum atomic E-state index is 12.9. The minimum atomic E-state index is -0.961. The van der Waals surface area contributed by atoms with Crippen molar-refractivity contribution in [2.75, 3.05) is 13.1 Å². The maximum absolute atomic E-state index is 12.9. The van der Waals surface area contributed by atoms with Gasteiger partial charge in [-0.3, -0.25) is 9.78 Å². The van der Waals surface area contributed by atoms with E-state index < -0.39 is 5.60 Å². The van der Waals surface area contributed by atoms with E-state index >= 15 is 0 Å². The Labute approximate surface area is 181 Å². The van der Waals surface area contributed by atoms with Gasteiger partial charge in [-0.05, 0) is 61.2 Å². The Morgan fingerprint density at radius 2 is 1.83 bits per heavy atom. The Bertz CT molecular complexity index is 983. The number of aromatic nitrogens is 2. The number of aryl methyl sites for hydroxylation is 1. The van der Waals surface area contributed by atoms with Gasteiger partial charge in [-0.2, -0.15) is 0 Å². The van der Waals surface area contributed by atoms with Gasteiger partial charge in [0.25, 0.3) is 5.91 Å². The summed E-state index contributed by atoms with van der Waals surface area (Å²) in [6, 6.07) is 17.5. The van der Waals surface area contributed by atoms with Crippen molar-refractivity contribution in [2.24, 2.45) is 0 Å². The summed E-state index contributed by atoms with van der Waals surface area (Å²) >= 11 is 1.67. The van der Waals surface area contributed by atoms with Gasteiger partial charge in [-0.1, -0.05) is 24.3 Å². The molecule has 0 bridgehead atoms. The molecule has 0 atom stereocenters. The molecule has 30 heavy (non-hydrogen) atoms. The van der Waals surface area contributed by atoms with E-state index in [1.807, 2.05) is 66.4 Å². The molecule has 4 rings (SSSR count). The molecule has 0 saturated carbocycles. The first-order valence-electron chi connectivity index (χ1n) is 10.1. The second-order valence-corrected chi connectivity index (χ2v) is 8.69. The van der Waals surface area contributed by atoms with Gasteiger partial charge < -0.3 is 10.0 Å². The number of aliphatic hydroxyl groups is 1. The summed E-state index contributed by atoms with van der Waals surface area (Å²) < 4.78 is 0. The van der Waals surface area contributed by atoms with Crippen LogP contribution in [0.4, 0.5) is 0 Å². The van der Waals surface area contributed by atoms with Gasteiger partial charge in [0.1, 0.15) is 5.60 Å². The first-order chi connectivity index (χ1) is 14.5. The van der Waals surface area contributed by atoms with Crippen molar-refractivity contribution in [3.05, 3.63) is 89.4 Å². The Morgan fingerprint density at radius 3 is 2.47 bits per heavy atom. The number of piperidine rings is 1. The van der Waals surface area contributed by atoms with E-state index in [1.54, 1.807) is 24.2 Å². The van der Waals surface area contributed by atoms with Crippen molar-refractivity contribution in [2.45, 2.75) is 36.1 Å². The number of amides is 1. The molecular weight excluding hydrogens is 394 g/mol. The summed E-state index contributed by atoms with van der Waals surface area (Å²) in [4.78, 5) is 23.4. The van der Waals surface area contributed by atoms with Crippen LogP contribution in [0.3, 0.4) is 0 Å². The van der Waals surface area contributed by atoms with Crippen LogP contribution in [-0.2, 0) is 11.4 Å². The second-order valence-electron chi connectivity index (χ2n) is 7.70. The molecule has 0 spiro atoms. The zero-order valence-electron chi connectivity index (χ0n) is 17.0. The Hall–Kier alpha value is -2.70. The highest BCUT2D eigenvalue weighted by atomic mass is 32.2. The summed E-state index contributed by atoms with van der Waals surface area (Å²) in [6.45, 7) is 3.01. The number of nitrogens with zero attached hydrogens (tertiary/aromatic N) is 3. The van der Waals surface area contributed by atoms with Crippen molar-refractivity contribution in [1.29, 1.82) is 0 Å². The standard InChI is InChI=1S/C24H25N3O2S/c1-18-5-10-21(26-16-18)24(29)11-14-27(15-12-24)23(28)20-8-6-19(7-9-20)17-30-22-4-2-3-13-25-22/h2-10,13,16,29H,11-12,14-15,17H2,1H3. The summed E-state index contributed by atoms with van der Waals surface area (Å²) in [7, 11) is 0. The summed E-state index contributed by atoms with van der Waals surface area (Å²) in [6.07, 6.45) is 4.55. The average Bonchev–Trinajstić information content (AvgIpc) is 2.79. The molecule has 0 aliphatic carbocycles. The van der Waals surface area contributed by atoms with Crippen LogP contribution < -0.4 is 0 Å². The highest BCUT2D eigenvalue weighted by molar-refractivity contribution is 7.98. The highest BCUT2D eigenvalue weighted by Crippen LogP contribution is 2.32. The lowest BCUT2D eigenvalue weighted by atomic mass is 9.87. The van der Waals surface area contributed by atoms with Crippen molar-refractivity contribution < 1.29 is 9.90 Å². The van der Waals surface area contributed by atoms with Crippen LogP contribution in [0, 0.1) is 6.92 Å². The van der Waals surface area contributed by atoms with E-state index in [9.17, 15) is 9.90 Å². The van der Waals surface area contributed by atoms with Crippen LogP contribution in [0.25, 0.3) is 0 Å². The van der Waals surface area contributed by atoms with Crippen LogP contribution in [0.2, 0.25) is 0 Å². The number of carbonyl (C=O) groups is 1. The van der Waals surface area contributed by atoms with E-state index in [-0.39, 0.29) is 5.91 Å². The molecule has 1 saturated heterocycles. The predicted molar refractivity (Wildman–Crippen MR) is 118 cm³/mol. The largest absolute Gasteiger partial charge is 0.383 e. The van der Waals surface area contributed by atoms with Gasteiger partial charge >= 0.3 is 0 Å². The van der Waals surface area contributed by atoms with Crippen LogP contribution >= 0.6 is 11.8 Å². The molecule has 1 fully saturated rings. The summed E-state index contributed by atoms with van der Waals surface area (Å²) in [5, 5.41) is 12.0. The van der Waals surface area contributed by atoms with Crippen LogP contribution in [-0.4, -0.2) is 39.0 Å². The Kier molecular flexibility index (Phi) is 6.16. The van der Waals surface area contributed by atoms with Gasteiger partial charge in [0.2, 0.25) is 0 Å². The molecule has 5 nitrogen and oxygen atoms in total. The highest BCUT2D eigenvalue weighted by Gasteiger charge is 2.36. The molecule has 1 N–H and O–H groups in total. The van der Waals surface area contributed by atoms with Gasteiger partial charge in [-0.15, -0.1) is 11.8 Å². The molecule has 0 radical (unpaired) electrons. The third-order valence-electron chi connectivity index (χ3n) is 5.49. The molecule has 3 heterocycles. The van der Waals surface area contributed by atoms with E-state index in [1.165, 1.54) is 0 Å².